The minimum absolute atomic E-state index is 0.180. The number of imidazole rings is 1. The Labute approximate surface area is 169 Å². The molecule has 1 saturated heterocycles. The van der Waals surface area contributed by atoms with Crippen molar-refractivity contribution < 1.29 is 14.3 Å². The number of fused-ring (bicyclic) bond motifs is 1. The number of nitrogens with zero attached hydrogens (tertiary/aromatic N) is 4. The molecule has 2 amide bonds. The van der Waals surface area contributed by atoms with Crippen LogP contribution in [0, 0.1) is 0 Å². The fraction of sp³-hybridized carbons (Fsp3) is 0.318. The third-order valence-electron chi connectivity index (χ3n) is 5.13. The van der Waals surface area contributed by atoms with Gasteiger partial charge in [0.15, 0.2) is 5.69 Å². The summed E-state index contributed by atoms with van der Waals surface area (Å²) in [6, 6.07) is 15.4. The molecule has 1 fully saturated rings. The van der Waals surface area contributed by atoms with Crippen LogP contribution in [0.2, 0.25) is 0 Å². The van der Waals surface area contributed by atoms with Gasteiger partial charge in [-0.05, 0) is 24.6 Å². The molecule has 3 heterocycles. The number of pyridine rings is 1. The summed E-state index contributed by atoms with van der Waals surface area (Å²) in [6.07, 6.45) is 1.78. The number of aromatic nitrogens is 2. The molecule has 1 aliphatic heterocycles. The molecule has 29 heavy (non-hydrogen) atoms. The normalized spacial score (nSPS) is 14.2. The van der Waals surface area contributed by atoms with E-state index in [9.17, 15) is 9.59 Å². The highest BCUT2D eigenvalue weighted by Crippen LogP contribution is 2.18. The van der Waals surface area contributed by atoms with Crippen molar-refractivity contribution in [2.75, 3.05) is 32.8 Å². The Morgan fingerprint density at radius 2 is 1.79 bits per heavy atom. The predicted octanol–water partition coefficient (Wildman–Crippen LogP) is 2.47. The van der Waals surface area contributed by atoms with Crippen molar-refractivity contribution in [2.45, 2.75) is 13.5 Å². The zero-order valence-corrected chi connectivity index (χ0v) is 16.5. The third kappa shape index (κ3) is 3.86. The molecule has 1 aliphatic rings. The summed E-state index contributed by atoms with van der Waals surface area (Å²) >= 11 is 0. The largest absolute Gasteiger partial charge is 0.378 e. The van der Waals surface area contributed by atoms with Crippen molar-refractivity contribution >= 4 is 17.3 Å². The first-order chi connectivity index (χ1) is 14.2. The van der Waals surface area contributed by atoms with E-state index >= 15 is 0 Å². The van der Waals surface area contributed by atoms with Gasteiger partial charge in [-0.2, -0.15) is 0 Å². The molecular formula is C22H24N4O3. The molecule has 7 heteroatoms. The van der Waals surface area contributed by atoms with Crippen LogP contribution < -0.4 is 0 Å². The molecule has 0 spiro atoms. The molecule has 2 aromatic heterocycles. The smallest absolute Gasteiger partial charge is 0.290 e. The quantitative estimate of drug-likeness (QED) is 0.669. The summed E-state index contributed by atoms with van der Waals surface area (Å²) in [5.74, 6) is -0.0950. The van der Waals surface area contributed by atoms with Crippen molar-refractivity contribution in [2.24, 2.45) is 0 Å². The zero-order valence-electron chi connectivity index (χ0n) is 16.5. The Kier molecular flexibility index (Phi) is 5.57. The fourth-order valence-electron chi connectivity index (χ4n) is 3.53. The summed E-state index contributed by atoms with van der Waals surface area (Å²) in [4.78, 5) is 34.3. The molecular weight excluding hydrogens is 368 g/mol. The summed E-state index contributed by atoms with van der Waals surface area (Å²) < 4.78 is 7.05. The van der Waals surface area contributed by atoms with E-state index in [1.54, 1.807) is 20.4 Å². The Hall–Kier alpha value is -3.19. The Morgan fingerprint density at radius 1 is 1.07 bits per heavy atom. The van der Waals surface area contributed by atoms with Crippen molar-refractivity contribution in [1.82, 2.24) is 19.2 Å². The molecule has 0 N–H and O–H groups in total. The van der Waals surface area contributed by atoms with Crippen molar-refractivity contribution in [3.8, 4) is 0 Å². The number of hydrogen-bond donors (Lipinski definition) is 0. The van der Waals surface area contributed by atoms with Gasteiger partial charge in [0, 0.05) is 32.4 Å². The maximum Gasteiger partial charge on any atom is 0.290 e. The lowest BCUT2D eigenvalue weighted by atomic mass is 10.2. The molecule has 3 aromatic rings. The van der Waals surface area contributed by atoms with Crippen LogP contribution in [-0.4, -0.2) is 63.8 Å². The summed E-state index contributed by atoms with van der Waals surface area (Å²) in [5.41, 5.74) is 2.00. The van der Waals surface area contributed by atoms with E-state index in [0.29, 0.717) is 50.6 Å². The average molecular weight is 392 g/mol. The number of carbonyl (C=O) groups is 2. The topological polar surface area (TPSA) is 67.2 Å². The van der Waals surface area contributed by atoms with Crippen LogP contribution in [0.1, 0.15) is 33.6 Å². The summed E-state index contributed by atoms with van der Waals surface area (Å²) in [6.45, 7) is 5.07. The van der Waals surface area contributed by atoms with Gasteiger partial charge in [0.1, 0.15) is 0 Å². The number of ether oxygens (including phenoxy) is 1. The second kappa shape index (κ2) is 8.45. The van der Waals surface area contributed by atoms with Crippen LogP contribution in [0.15, 0.2) is 54.7 Å². The molecule has 7 nitrogen and oxygen atoms in total. The molecule has 0 bridgehead atoms. The van der Waals surface area contributed by atoms with Gasteiger partial charge in [-0.3, -0.25) is 14.0 Å². The first-order valence-corrected chi connectivity index (χ1v) is 9.86. The van der Waals surface area contributed by atoms with E-state index in [-0.39, 0.29) is 17.6 Å². The molecule has 0 unspecified atom stereocenters. The van der Waals surface area contributed by atoms with Gasteiger partial charge in [0.2, 0.25) is 5.82 Å². The van der Waals surface area contributed by atoms with Crippen LogP contribution in [-0.2, 0) is 11.3 Å². The van der Waals surface area contributed by atoms with E-state index in [2.05, 4.69) is 4.98 Å². The second-order valence-electron chi connectivity index (χ2n) is 6.95. The first-order valence-electron chi connectivity index (χ1n) is 9.86. The minimum atomic E-state index is -0.181. The number of amides is 2. The van der Waals surface area contributed by atoms with E-state index in [0.717, 1.165) is 5.56 Å². The van der Waals surface area contributed by atoms with Crippen LogP contribution >= 0.6 is 0 Å². The second-order valence-corrected chi connectivity index (χ2v) is 6.95. The molecule has 1 aromatic carbocycles. The number of hydrogen-bond acceptors (Lipinski definition) is 4. The SMILES string of the molecule is CCN(Cc1ccccc1)C(=O)c1nc(C(=O)N2CCOCC2)n2ccccc12. The lowest BCUT2D eigenvalue weighted by Gasteiger charge is -2.26. The van der Waals surface area contributed by atoms with Crippen LogP contribution in [0.5, 0.6) is 0 Å². The molecule has 0 aliphatic carbocycles. The van der Waals surface area contributed by atoms with Gasteiger partial charge >= 0.3 is 0 Å². The first kappa shape index (κ1) is 19.1. The number of carbonyl (C=O) groups excluding carboxylic acids is 2. The van der Waals surface area contributed by atoms with E-state index in [1.165, 1.54) is 0 Å². The van der Waals surface area contributed by atoms with Gasteiger partial charge in [0.25, 0.3) is 11.8 Å². The Morgan fingerprint density at radius 3 is 2.52 bits per heavy atom. The zero-order chi connectivity index (χ0) is 20.2. The highest BCUT2D eigenvalue weighted by Gasteiger charge is 2.28. The van der Waals surface area contributed by atoms with Gasteiger partial charge in [-0.15, -0.1) is 0 Å². The van der Waals surface area contributed by atoms with Crippen LogP contribution in [0.4, 0.5) is 0 Å². The highest BCUT2D eigenvalue weighted by atomic mass is 16.5. The summed E-state index contributed by atoms with van der Waals surface area (Å²) in [5, 5.41) is 0. The van der Waals surface area contributed by atoms with E-state index < -0.39 is 0 Å². The molecule has 0 saturated carbocycles. The predicted molar refractivity (Wildman–Crippen MR) is 109 cm³/mol. The van der Waals surface area contributed by atoms with Crippen molar-refractivity contribution in [3.63, 3.8) is 0 Å². The van der Waals surface area contributed by atoms with Gasteiger partial charge in [-0.1, -0.05) is 36.4 Å². The molecule has 150 valence electrons. The Bertz CT molecular complexity index is 1010. The van der Waals surface area contributed by atoms with E-state index in [1.807, 2.05) is 55.5 Å². The fourth-order valence-corrected chi connectivity index (χ4v) is 3.53. The number of benzene rings is 1. The third-order valence-corrected chi connectivity index (χ3v) is 5.13. The lowest BCUT2D eigenvalue weighted by Crippen LogP contribution is -2.41. The average Bonchev–Trinajstić information content (AvgIpc) is 3.17. The van der Waals surface area contributed by atoms with Crippen molar-refractivity contribution in [1.29, 1.82) is 0 Å². The number of rotatable bonds is 5. The standard InChI is InChI=1S/C22H24N4O3/c1-2-24(16-17-8-4-3-5-9-17)21(27)19-18-10-6-7-11-26(18)20(23-19)22(28)25-12-14-29-15-13-25/h3-11H,2,12-16H2,1H3. The highest BCUT2D eigenvalue weighted by molar-refractivity contribution is 6.02. The molecule has 0 radical (unpaired) electrons. The molecule has 4 rings (SSSR count). The maximum atomic E-state index is 13.3. The molecule has 0 atom stereocenters. The number of morpholine rings is 1. The van der Waals surface area contributed by atoms with Crippen molar-refractivity contribution in [3.05, 3.63) is 71.8 Å². The van der Waals surface area contributed by atoms with Gasteiger partial charge < -0.3 is 14.5 Å². The lowest BCUT2D eigenvalue weighted by molar-refractivity contribution is 0.0294. The summed E-state index contributed by atoms with van der Waals surface area (Å²) in [7, 11) is 0. The Balaban J connectivity index is 1.68. The monoisotopic (exact) mass is 392 g/mol. The van der Waals surface area contributed by atoms with Gasteiger partial charge in [-0.25, -0.2) is 4.98 Å². The van der Waals surface area contributed by atoms with Gasteiger partial charge in [0.05, 0.1) is 18.7 Å². The maximum absolute atomic E-state index is 13.3. The van der Waals surface area contributed by atoms with Crippen LogP contribution in [0.3, 0.4) is 0 Å². The minimum Gasteiger partial charge on any atom is -0.378 e. The van der Waals surface area contributed by atoms with Crippen LogP contribution in [0.25, 0.3) is 5.52 Å². The van der Waals surface area contributed by atoms with E-state index in [4.69, 9.17) is 4.74 Å².